The van der Waals surface area contributed by atoms with Crippen molar-refractivity contribution in [1.29, 1.82) is 0 Å². The Hall–Kier alpha value is -2.21. The molecule has 1 rings (SSSR count). The standard InChI is InChI=1S/C18H27N3O3/c1-6-21(12-17(24)20-18(3,4)5)11-16(23)19-15-9-7-8-14(10-15)13(2)22/h7-10H,6,11-12H2,1-5H3,(H,19,23)(H,20,24). The molecule has 0 aromatic heterocycles. The Bertz CT molecular complexity index is 606. The summed E-state index contributed by atoms with van der Waals surface area (Å²) in [4.78, 5) is 37.3. The number of nitrogens with zero attached hydrogens (tertiary/aromatic N) is 1. The molecule has 0 spiro atoms. The van der Waals surface area contributed by atoms with Crippen LogP contribution in [-0.2, 0) is 9.59 Å². The summed E-state index contributed by atoms with van der Waals surface area (Å²) in [5, 5.41) is 5.64. The molecule has 2 amide bonds. The van der Waals surface area contributed by atoms with Gasteiger partial charge in [0.05, 0.1) is 13.1 Å². The van der Waals surface area contributed by atoms with E-state index in [2.05, 4.69) is 10.6 Å². The quantitative estimate of drug-likeness (QED) is 0.749. The predicted molar refractivity (Wildman–Crippen MR) is 95.1 cm³/mol. The zero-order valence-electron chi connectivity index (χ0n) is 15.1. The molecule has 0 saturated heterocycles. The molecule has 2 N–H and O–H groups in total. The van der Waals surface area contributed by atoms with Crippen molar-refractivity contribution in [3.8, 4) is 0 Å². The van der Waals surface area contributed by atoms with Crippen molar-refractivity contribution in [2.75, 3.05) is 25.0 Å². The SMILES string of the molecule is CCN(CC(=O)Nc1cccc(C(C)=O)c1)CC(=O)NC(C)(C)C. The average molecular weight is 333 g/mol. The van der Waals surface area contributed by atoms with Gasteiger partial charge >= 0.3 is 0 Å². The first-order valence-electron chi connectivity index (χ1n) is 8.05. The second kappa shape index (κ2) is 8.59. The number of Topliss-reactive ketones (excluding diaryl/α,β-unsaturated/α-hetero) is 1. The third-order valence-corrected chi connectivity index (χ3v) is 3.25. The highest BCUT2D eigenvalue weighted by Gasteiger charge is 2.17. The highest BCUT2D eigenvalue weighted by Crippen LogP contribution is 2.11. The monoisotopic (exact) mass is 333 g/mol. The fourth-order valence-electron chi connectivity index (χ4n) is 2.16. The first-order valence-corrected chi connectivity index (χ1v) is 8.05. The molecule has 0 unspecified atom stereocenters. The summed E-state index contributed by atoms with van der Waals surface area (Å²) >= 11 is 0. The van der Waals surface area contributed by atoms with Crippen molar-refractivity contribution in [3.05, 3.63) is 29.8 Å². The molecule has 0 aliphatic rings. The van der Waals surface area contributed by atoms with Gasteiger partial charge < -0.3 is 10.6 Å². The minimum Gasteiger partial charge on any atom is -0.350 e. The van der Waals surface area contributed by atoms with E-state index in [0.29, 0.717) is 17.8 Å². The Morgan fingerprint density at radius 1 is 1.08 bits per heavy atom. The van der Waals surface area contributed by atoms with E-state index >= 15 is 0 Å². The number of likely N-dealkylation sites (N-methyl/N-ethyl adjacent to an activating group) is 1. The highest BCUT2D eigenvalue weighted by atomic mass is 16.2. The molecular weight excluding hydrogens is 306 g/mol. The average Bonchev–Trinajstić information content (AvgIpc) is 2.44. The summed E-state index contributed by atoms with van der Waals surface area (Å²) in [7, 11) is 0. The molecule has 24 heavy (non-hydrogen) atoms. The molecule has 0 saturated carbocycles. The number of anilines is 1. The van der Waals surface area contributed by atoms with Crippen LogP contribution in [0.4, 0.5) is 5.69 Å². The van der Waals surface area contributed by atoms with Crippen molar-refractivity contribution >= 4 is 23.3 Å². The molecule has 0 atom stereocenters. The lowest BCUT2D eigenvalue weighted by molar-refractivity contribution is -0.124. The van der Waals surface area contributed by atoms with E-state index in [1.807, 2.05) is 27.7 Å². The van der Waals surface area contributed by atoms with Gasteiger partial charge in [0.15, 0.2) is 5.78 Å². The van der Waals surface area contributed by atoms with Crippen LogP contribution in [0.2, 0.25) is 0 Å². The van der Waals surface area contributed by atoms with Crippen LogP contribution in [0.3, 0.4) is 0 Å². The lowest BCUT2D eigenvalue weighted by Gasteiger charge is -2.24. The highest BCUT2D eigenvalue weighted by molar-refractivity contribution is 5.97. The molecule has 0 aliphatic heterocycles. The van der Waals surface area contributed by atoms with Gasteiger partial charge in [0, 0.05) is 16.8 Å². The summed E-state index contributed by atoms with van der Waals surface area (Å²) in [6.07, 6.45) is 0. The van der Waals surface area contributed by atoms with Crippen molar-refractivity contribution in [2.45, 2.75) is 40.2 Å². The number of carbonyl (C=O) groups excluding carboxylic acids is 3. The van der Waals surface area contributed by atoms with Crippen LogP contribution in [0.15, 0.2) is 24.3 Å². The summed E-state index contributed by atoms with van der Waals surface area (Å²) in [6.45, 7) is 9.97. The third-order valence-electron chi connectivity index (χ3n) is 3.25. The van der Waals surface area contributed by atoms with Crippen LogP contribution < -0.4 is 10.6 Å². The Labute approximate surface area is 143 Å². The van der Waals surface area contributed by atoms with E-state index in [0.717, 1.165) is 0 Å². The summed E-state index contributed by atoms with van der Waals surface area (Å²) in [5.41, 5.74) is 0.818. The predicted octanol–water partition coefficient (Wildman–Crippen LogP) is 2.06. The van der Waals surface area contributed by atoms with Crippen molar-refractivity contribution < 1.29 is 14.4 Å². The van der Waals surface area contributed by atoms with E-state index in [1.54, 1.807) is 29.2 Å². The lowest BCUT2D eigenvalue weighted by Crippen LogP contribution is -2.47. The van der Waals surface area contributed by atoms with Gasteiger partial charge in [-0.05, 0) is 46.4 Å². The van der Waals surface area contributed by atoms with Crippen LogP contribution in [0.25, 0.3) is 0 Å². The molecular formula is C18H27N3O3. The fraction of sp³-hybridized carbons (Fsp3) is 0.500. The van der Waals surface area contributed by atoms with E-state index in [1.165, 1.54) is 6.92 Å². The molecule has 6 heteroatoms. The number of carbonyl (C=O) groups is 3. The smallest absolute Gasteiger partial charge is 0.238 e. The summed E-state index contributed by atoms with van der Waals surface area (Å²) < 4.78 is 0. The van der Waals surface area contributed by atoms with Crippen molar-refractivity contribution in [3.63, 3.8) is 0 Å². The van der Waals surface area contributed by atoms with Gasteiger partial charge in [0.1, 0.15) is 0 Å². The van der Waals surface area contributed by atoms with Gasteiger partial charge in [-0.2, -0.15) is 0 Å². The number of amides is 2. The van der Waals surface area contributed by atoms with Gasteiger partial charge in [-0.25, -0.2) is 0 Å². The molecule has 6 nitrogen and oxygen atoms in total. The topological polar surface area (TPSA) is 78.5 Å². The Morgan fingerprint density at radius 2 is 1.71 bits per heavy atom. The first kappa shape index (κ1) is 19.8. The summed E-state index contributed by atoms with van der Waals surface area (Å²) in [6, 6.07) is 6.80. The Balaban J connectivity index is 2.60. The Morgan fingerprint density at radius 3 is 2.25 bits per heavy atom. The Kier molecular flexibility index (Phi) is 7.10. The second-order valence-electron chi connectivity index (χ2n) is 6.79. The minimum atomic E-state index is -0.300. The van der Waals surface area contributed by atoms with Gasteiger partial charge in [-0.1, -0.05) is 19.1 Å². The number of hydrogen-bond acceptors (Lipinski definition) is 4. The van der Waals surface area contributed by atoms with Crippen LogP contribution in [-0.4, -0.2) is 47.7 Å². The van der Waals surface area contributed by atoms with Crippen molar-refractivity contribution in [2.24, 2.45) is 0 Å². The maximum Gasteiger partial charge on any atom is 0.238 e. The summed E-state index contributed by atoms with van der Waals surface area (Å²) in [5.74, 6) is -0.392. The van der Waals surface area contributed by atoms with Crippen molar-refractivity contribution in [1.82, 2.24) is 10.2 Å². The molecule has 132 valence electrons. The molecule has 0 heterocycles. The molecule has 0 fully saturated rings. The number of benzene rings is 1. The maximum absolute atomic E-state index is 12.2. The fourth-order valence-corrected chi connectivity index (χ4v) is 2.16. The zero-order valence-corrected chi connectivity index (χ0v) is 15.1. The number of rotatable bonds is 7. The van der Waals surface area contributed by atoms with E-state index in [4.69, 9.17) is 0 Å². The van der Waals surface area contributed by atoms with E-state index in [9.17, 15) is 14.4 Å². The third kappa shape index (κ3) is 7.37. The van der Waals surface area contributed by atoms with Crippen LogP contribution in [0.1, 0.15) is 45.0 Å². The molecule has 0 bridgehead atoms. The first-order chi connectivity index (χ1) is 11.1. The number of ketones is 1. The van der Waals surface area contributed by atoms with E-state index in [-0.39, 0.29) is 36.2 Å². The molecule has 1 aromatic rings. The van der Waals surface area contributed by atoms with E-state index < -0.39 is 0 Å². The number of hydrogen-bond donors (Lipinski definition) is 2. The second-order valence-corrected chi connectivity index (χ2v) is 6.79. The molecule has 0 radical (unpaired) electrons. The van der Waals surface area contributed by atoms with Gasteiger partial charge in [0.2, 0.25) is 11.8 Å². The van der Waals surface area contributed by atoms with Gasteiger partial charge in [-0.3, -0.25) is 19.3 Å². The lowest BCUT2D eigenvalue weighted by atomic mass is 10.1. The molecule has 0 aliphatic carbocycles. The zero-order chi connectivity index (χ0) is 18.3. The maximum atomic E-state index is 12.2. The normalized spacial score (nSPS) is 11.2. The van der Waals surface area contributed by atoms with Crippen LogP contribution >= 0.6 is 0 Å². The number of nitrogens with one attached hydrogen (secondary N) is 2. The molecule has 1 aromatic carbocycles. The largest absolute Gasteiger partial charge is 0.350 e. The van der Waals surface area contributed by atoms with Gasteiger partial charge in [0.25, 0.3) is 0 Å². The van der Waals surface area contributed by atoms with Crippen LogP contribution in [0.5, 0.6) is 0 Å². The van der Waals surface area contributed by atoms with Gasteiger partial charge in [-0.15, -0.1) is 0 Å². The van der Waals surface area contributed by atoms with Crippen LogP contribution in [0, 0.1) is 0 Å². The minimum absolute atomic E-state index is 0.0554.